The Bertz CT molecular complexity index is 369. The van der Waals surface area contributed by atoms with Crippen LogP contribution in [0.1, 0.15) is 78.1 Å². The smallest absolute Gasteiger partial charge is 0.547 e. The molecule has 1 saturated heterocycles. The van der Waals surface area contributed by atoms with E-state index in [1.165, 1.54) is 38.5 Å². The first-order valence-electron chi connectivity index (χ1n) is 8.67. The zero-order valence-electron chi connectivity index (χ0n) is 16.2. The molecular weight excluding hydrogens is 346 g/mol. The molecule has 0 aromatic heterocycles. The van der Waals surface area contributed by atoms with Gasteiger partial charge in [0.2, 0.25) is 0 Å². The number of carboxylic acids is 2. The quantitative estimate of drug-likeness (QED) is 0.250. The maximum Gasteiger partial charge on any atom is 1.00 e. The minimum Gasteiger partial charge on any atom is -0.547 e. The topological polar surface area (TPSA) is 98.7 Å². The van der Waals surface area contributed by atoms with Crippen molar-refractivity contribution in [3.63, 3.8) is 0 Å². The Balaban J connectivity index is 0. The molecule has 0 aromatic carbocycles. The van der Waals surface area contributed by atoms with Gasteiger partial charge >= 0.3 is 59.1 Å². The molecule has 134 valence electrons. The molecule has 1 aliphatic heterocycles. The Labute approximate surface area is 195 Å². The van der Waals surface area contributed by atoms with Crippen LogP contribution >= 0.6 is 0 Å². The van der Waals surface area contributed by atoms with Crippen LogP contribution in [0.3, 0.4) is 0 Å². The summed E-state index contributed by atoms with van der Waals surface area (Å²) in [4.78, 5) is 21.8. The monoisotopic (exact) mass is 374 g/mol. The third kappa shape index (κ3) is 10.7. The fourth-order valence-corrected chi connectivity index (χ4v) is 2.91. The number of rotatable bonds is 12. The van der Waals surface area contributed by atoms with Crippen LogP contribution in [-0.2, 0) is 19.1 Å². The number of carboxylic acid groups (broad SMARTS) is 2. The van der Waals surface area contributed by atoms with Crippen LogP contribution < -0.4 is 69.3 Å². The van der Waals surface area contributed by atoms with Gasteiger partial charge in [0.15, 0.2) is 5.79 Å². The van der Waals surface area contributed by atoms with Crippen LogP contribution in [0.5, 0.6) is 0 Å². The van der Waals surface area contributed by atoms with Crippen LogP contribution in [-0.4, -0.2) is 29.9 Å². The Morgan fingerprint density at radius 3 is 1.52 bits per heavy atom. The summed E-state index contributed by atoms with van der Waals surface area (Å²) in [6.45, 7) is 3.76. The van der Waals surface area contributed by atoms with Gasteiger partial charge in [0, 0.05) is 6.42 Å². The molecule has 1 aliphatic rings. The number of hydrogen-bond donors (Lipinski definition) is 0. The molecule has 0 N–H and O–H groups in total. The van der Waals surface area contributed by atoms with Gasteiger partial charge in [-0.3, -0.25) is 0 Å². The van der Waals surface area contributed by atoms with Gasteiger partial charge in [0.05, 0.1) is 11.9 Å². The molecule has 0 bridgehead atoms. The van der Waals surface area contributed by atoms with E-state index in [0.717, 1.165) is 19.3 Å². The standard InChI is InChI=1S/C17H30O6.2Na/c1-3-4-5-6-7-8-9-10-11-12-17(2)22-13(15(18)19)14(23-17)16(20)21;;/h13-14H,3-12H2,1-2H3,(H,18,19)(H,20,21);;/q;2*+1/p-2/t13-,14-;;/m1../s1. The van der Waals surface area contributed by atoms with Crippen LogP contribution in [0, 0.1) is 0 Å². The summed E-state index contributed by atoms with van der Waals surface area (Å²) in [6, 6.07) is 0. The van der Waals surface area contributed by atoms with E-state index >= 15 is 0 Å². The Morgan fingerprint density at radius 2 is 1.16 bits per heavy atom. The number of carbonyl (C=O) groups is 2. The normalized spacial score (nSPS) is 21.2. The van der Waals surface area contributed by atoms with Crippen LogP contribution in [0.15, 0.2) is 0 Å². The van der Waals surface area contributed by atoms with Gasteiger partial charge in [-0.2, -0.15) is 0 Å². The molecule has 0 unspecified atom stereocenters. The van der Waals surface area contributed by atoms with Crippen molar-refractivity contribution in [2.75, 3.05) is 0 Å². The Hall–Kier alpha value is 0.860. The van der Waals surface area contributed by atoms with Crippen molar-refractivity contribution in [3.05, 3.63) is 0 Å². The van der Waals surface area contributed by atoms with Crippen LogP contribution in [0.4, 0.5) is 0 Å². The predicted octanol–water partition coefficient (Wildman–Crippen LogP) is -5.08. The van der Waals surface area contributed by atoms with E-state index < -0.39 is 29.9 Å². The van der Waals surface area contributed by atoms with Crippen molar-refractivity contribution < 1.29 is 88.4 Å². The molecule has 2 atom stereocenters. The largest absolute Gasteiger partial charge is 1.00 e. The second-order valence-electron chi connectivity index (χ2n) is 6.43. The molecular formula is C17H28Na2O6. The SMILES string of the molecule is CCCCCCCCCCCC1(C)O[C@@H](C(=O)[O-])[C@H](C(=O)[O-])O1.[Na+].[Na+]. The number of aliphatic carboxylic acids is 2. The Kier molecular flexibility index (Phi) is 16.7. The third-order valence-corrected chi connectivity index (χ3v) is 4.23. The summed E-state index contributed by atoms with van der Waals surface area (Å²) in [5.41, 5.74) is 0. The molecule has 1 rings (SSSR count). The maximum absolute atomic E-state index is 10.9. The second kappa shape index (κ2) is 14.9. The van der Waals surface area contributed by atoms with Gasteiger partial charge in [-0.05, 0) is 13.3 Å². The van der Waals surface area contributed by atoms with E-state index in [2.05, 4.69) is 6.92 Å². The van der Waals surface area contributed by atoms with E-state index in [1.807, 2.05) is 0 Å². The second-order valence-corrected chi connectivity index (χ2v) is 6.43. The van der Waals surface area contributed by atoms with E-state index in [0.29, 0.717) is 6.42 Å². The first-order chi connectivity index (χ1) is 10.9. The van der Waals surface area contributed by atoms with Gasteiger partial charge in [0.1, 0.15) is 12.2 Å². The zero-order valence-corrected chi connectivity index (χ0v) is 20.2. The number of carbonyl (C=O) groups excluding carboxylic acids is 2. The molecule has 25 heavy (non-hydrogen) atoms. The summed E-state index contributed by atoms with van der Waals surface area (Å²) in [6.07, 6.45) is 7.68. The van der Waals surface area contributed by atoms with Crippen molar-refractivity contribution >= 4 is 11.9 Å². The predicted molar refractivity (Wildman–Crippen MR) is 80.0 cm³/mol. The van der Waals surface area contributed by atoms with Gasteiger partial charge in [-0.15, -0.1) is 0 Å². The fraction of sp³-hybridized carbons (Fsp3) is 0.882. The van der Waals surface area contributed by atoms with Gasteiger partial charge in [0.25, 0.3) is 0 Å². The fourth-order valence-electron chi connectivity index (χ4n) is 2.91. The molecule has 0 radical (unpaired) electrons. The van der Waals surface area contributed by atoms with E-state index in [1.54, 1.807) is 6.92 Å². The van der Waals surface area contributed by atoms with Crippen molar-refractivity contribution in [2.45, 2.75) is 96.1 Å². The van der Waals surface area contributed by atoms with Crippen molar-refractivity contribution in [1.82, 2.24) is 0 Å². The van der Waals surface area contributed by atoms with E-state index in [4.69, 9.17) is 9.47 Å². The zero-order chi connectivity index (χ0) is 17.3. The maximum atomic E-state index is 10.9. The van der Waals surface area contributed by atoms with Gasteiger partial charge in [-0.25, -0.2) is 0 Å². The molecule has 0 aliphatic carbocycles. The number of hydrogen-bond acceptors (Lipinski definition) is 6. The molecule has 0 spiro atoms. The number of unbranched alkanes of at least 4 members (excludes halogenated alkanes) is 8. The minimum absolute atomic E-state index is 0. The van der Waals surface area contributed by atoms with Crippen molar-refractivity contribution in [2.24, 2.45) is 0 Å². The summed E-state index contributed by atoms with van der Waals surface area (Å²) < 4.78 is 10.5. The van der Waals surface area contributed by atoms with Crippen molar-refractivity contribution in [1.29, 1.82) is 0 Å². The van der Waals surface area contributed by atoms with Crippen molar-refractivity contribution in [3.8, 4) is 0 Å². The average molecular weight is 374 g/mol. The number of ether oxygens (including phenoxy) is 2. The third-order valence-electron chi connectivity index (χ3n) is 4.23. The van der Waals surface area contributed by atoms with Gasteiger partial charge < -0.3 is 29.3 Å². The first-order valence-corrected chi connectivity index (χ1v) is 8.67. The molecule has 6 nitrogen and oxygen atoms in total. The molecule has 1 heterocycles. The summed E-state index contributed by atoms with van der Waals surface area (Å²) >= 11 is 0. The minimum atomic E-state index is -1.61. The van der Waals surface area contributed by atoms with E-state index in [-0.39, 0.29) is 59.1 Å². The Morgan fingerprint density at radius 1 is 0.800 bits per heavy atom. The van der Waals surface area contributed by atoms with E-state index in [9.17, 15) is 19.8 Å². The molecule has 0 saturated carbocycles. The molecule has 0 amide bonds. The molecule has 8 heteroatoms. The summed E-state index contributed by atoms with van der Waals surface area (Å²) in [7, 11) is 0. The molecule has 1 fully saturated rings. The molecule has 0 aromatic rings. The summed E-state index contributed by atoms with van der Waals surface area (Å²) in [5, 5.41) is 21.8. The first kappa shape index (κ1) is 28.1. The summed E-state index contributed by atoms with van der Waals surface area (Å²) in [5.74, 6) is -4.37. The van der Waals surface area contributed by atoms with Gasteiger partial charge in [-0.1, -0.05) is 58.3 Å². The van der Waals surface area contributed by atoms with Crippen LogP contribution in [0.25, 0.3) is 0 Å². The van der Waals surface area contributed by atoms with Crippen LogP contribution in [0.2, 0.25) is 0 Å². The average Bonchev–Trinajstić information content (AvgIpc) is 2.84.